The Bertz CT molecular complexity index is 215. The highest BCUT2D eigenvalue weighted by Crippen LogP contribution is 2.25. The number of hydrogen-bond donors (Lipinski definition) is 1. The van der Waals surface area contributed by atoms with E-state index in [0.717, 1.165) is 25.8 Å². The Morgan fingerprint density at radius 3 is 2.79 bits per heavy atom. The van der Waals surface area contributed by atoms with Crippen LogP contribution < -0.4 is 5.73 Å². The molecule has 3 heteroatoms. The van der Waals surface area contributed by atoms with E-state index in [-0.39, 0.29) is 17.9 Å². The molecule has 2 unspecified atom stereocenters. The molecule has 2 atom stereocenters. The van der Waals surface area contributed by atoms with Crippen molar-refractivity contribution < 1.29 is 4.79 Å². The van der Waals surface area contributed by atoms with Gasteiger partial charge in [-0.15, -0.1) is 6.58 Å². The molecule has 0 bridgehead atoms. The number of nitrogens with zero attached hydrogens (tertiary/aromatic N) is 1. The SMILES string of the molecule is C=CCN(CC)C(=O)C1CCC(N)C1. The minimum atomic E-state index is 0.157. The van der Waals surface area contributed by atoms with Gasteiger partial charge < -0.3 is 10.6 Å². The van der Waals surface area contributed by atoms with Crippen LogP contribution in [0.3, 0.4) is 0 Å². The van der Waals surface area contributed by atoms with Crippen LogP contribution in [0.4, 0.5) is 0 Å². The van der Waals surface area contributed by atoms with Gasteiger partial charge in [-0.25, -0.2) is 0 Å². The first-order valence-electron chi connectivity index (χ1n) is 5.34. The van der Waals surface area contributed by atoms with E-state index in [1.54, 1.807) is 6.08 Å². The van der Waals surface area contributed by atoms with Crippen LogP contribution in [0, 0.1) is 5.92 Å². The third kappa shape index (κ3) is 2.58. The second kappa shape index (κ2) is 5.15. The molecule has 14 heavy (non-hydrogen) atoms. The summed E-state index contributed by atoms with van der Waals surface area (Å²) < 4.78 is 0. The lowest BCUT2D eigenvalue weighted by molar-refractivity contribution is -0.134. The molecule has 1 amide bonds. The number of hydrogen-bond acceptors (Lipinski definition) is 2. The van der Waals surface area contributed by atoms with Gasteiger partial charge in [-0.3, -0.25) is 4.79 Å². The van der Waals surface area contributed by atoms with Crippen LogP contribution in [0.5, 0.6) is 0 Å². The molecule has 1 fully saturated rings. The minimum absolute atomic E-state index is 0.157. The van der Waals surface area contributed by atoms with Crippen molar-refractivity contribution in [3.8, 4) is 0 Å². The maximum absolute atomic E-state index is 11.9. The van der Waals surface area contributed by atoms with Gasteiger partial charge in [0.15, 0.2) is 0 Å². The Labute approximate surface area is 86.0 Å². The number of nitrogens with two attached hydrogens (primary N) is 1. The Balaban J connectivity index is 2.49. The van der Waals surface area contributed by atoms with Crippen molar-refractivity contribution >= 4 is 5.91 Å². The lowest BCUT2D eigenvalue weighted by Crippen LogP contribution is -2.35. The fourth-order valence-corrected chi connectivity index (χ4v) is 2.03. The van der Waals surface area contributed by atoms with Gasteiger partial charge in [0.25, 0.3) is 0 Å². The molecule has 0 aliphatic heterocycles. The number of rotatable bonds is 4. The lowest BCUT2D eigenvalue weighted by Gasteiger charge is -2.22. The second-order valence-corrected chi connectivity index (χ2v) is 3.94. The Morgan fingerprint density at radius 1 is 1.64 bits per heavy atom. The molecule has 0 heterocycles. The predicted octanol–water partition coefficient (Wildman–Crippen LogP) is 1.15. The monoisotopic (exact) mass is 196 g/mol. The smallest absolute Gasteiger partial charge is 0.226 e. The molecule has 1 rings (SSSR count). The van der Waals surface area contributed by atoms with Gasteiger partial charge in [-0.2, -0.15) is 0 Å². The Kier molecular flexibility index (Phi) is 4.14. The number of likely N-dealkylation sites (N-methyl/N-ethyl adjacent to an activating group) is 1. The molecule has 80 valence electrons. The molecule has 2 N–H and O–H groups in total. The fraction of sp³-hybridized carbons (Fsp3) is 0.727. The van der Waals surface area contributed by atoms with Crippen LogP contribution in [0.2, 0.25) is 0 Å². The van der Waals surface area contributed by atoms with Crippen molar-refractivity contribution in [2.24, 2.45) is 11.7 Å². The Morgan fingerprint density at radius 2 is 2.36 bits per heavy atom. The predicted molar refractivity (Wildman–Crippen MR) is 57.8 cm³/mol. The van der Waals surface area contributed by atoms with E-state index >= 15 is 0 Å². The number of amides is 1. The average molecular weight is 196 g/mol. The molecule has 0 radical (unpaired) electrons. The zero-order valence-electron chi connectivity index (χ0n) is 8.91. The molecule has 1 aliphatic carbocycles. The van der Waals surface area contributed by atoms with E-state index < -0.39 is 0 Å². The summed E-state index contributed by atoms with van der Waals surface area (Å²) in [5, 5.41) is 0. The van der Waals surface area contributed by atoms with Gasteiger partial charge in [-0.05, 0) is 26.2 Å². The van der Waals surface area contributed by atoms with Crippen molar-refractivity contribution in [1.82, 2.24) is 4.90 Å². The zero-order chi connectivity index (χ0) is 10.6. The highest BCUT2D eigenvalue weighted by Gasteiger charge is 2.29. The van der Waals surface area contributed by atoms with Crippen molar-refractivity contribution in [1.29, 1.82) is 0 Å². The van der Waals surface area contributed by atoms with Gasteiger partial charge in [0, 0.05) is 25.0 Å². The van der Waals surface area contributed by atoms with Crippen molar-refractivity contribution in [2.75, 3.05) is 13.1 Å². The molecular weight excluding hydrogens is 176 g/mol. The van der Waals surface area contributed by atoms with Crippen molar-refractivity contribution in [3.05, 3.63) is 12.7 Å². The maximum Gasteiger partial charge on any atom is 0.226 e. The molecular formula is C11H20N2O. The highest BCUT2D eigenvalue weighted by molar-refractivity contribution is 5.79. The topological polar surface area (TPSA) is 46.3 Å². The summed E-state index contributed by atoms with van der Waals surface area (Å²) in [4.78, 5) is 13.8. The standard InChI is InChI=1S/C11H20N2O/c1-3-7-13(4-2)11(14)9-5-6-10(12)8-9/h3,9-10H,1,4-8,12H2,2H3. The van der Waals surface area contributed by atoms with Crippen molar-refractivity contribution in [2.45, 2.75) is 32.2 Å². The molecule has 0 aromatic rings. The number of carbonyl (C=O) groups is 1. The van der Waals surface area contributed by atoms with E-state index in [1.807, 2.05) is 11.8 Å². The third-order valence-electron chi connectivity index (χ3n) is 2.87. The number of carbonyl (C=O) groups excluding carboxylic acids is 1. The zero-order valence-corrected chi connectivity index (χ0v) is 8.91. The maximum atomic E-state index is 11.9. The first kappa shape index (κ1) is 11.2. The van der Waals surface area contributed by atoms with Gasteiger partial charge >= 0.3 is 0 Å². The van der Waals surface area contributed by atoms with Crippen LogP contribution in [-0.2, 0) is 4.79 Å². The van der Waals surface area contributed by atoms with Gasteiger partial charge in [0.2, 0.25) is 5.91 Å². The normalized spacial score (nSPS) is 26.1. The summed E-state index contributed by atoms with van der Waals surface area (Å²) in [6.45, 7) is 7.06. The molecule has 1 aliphatic rings. The van der Waals surface area contributed by atoms with Gasteiger partial charge in [0.05, 0.1) is 0 Å². The summed E-state index contributed by atoms with van der Waals surface area (Å²) in [6, 6.07) is 0.228. The molecule has 1 saturated carbocycles. The summed E-state index contributed by atoms with van der Waals surface area (Å²) in [6.07, 6.45) is 4.57. The molecule has 0 spiro atoms. The van der Waals surface area contributed by atoms with E-state index in [9.17, 15) is 4.79 Å². The second-order valence-electron chi connectivity index (χ2n) is 3.94. The van der Waals surface area contributed by atoms with E-state index in [1.165, 1.54) is 0 Å². The van der Waals surface area contributed by atoms with E-state index in [2.05, 4.69) is 6.58 Å². The Hall–Kier alpha value is -0.830. The lowest BCUT2D eigenvalue weighted by atomic mass is 10.1. The van der Waals surface area contributed by atoms with E-state index in [0.29, 0.717) is 6.54 Å². The average Bonchev–Trinajstić information content (AvgIpc) is 2.60. The van der Waals surface area contributed by atoms with Crippen LogP contribution in [0.25, 0.3) is 0 Å². The van der Waals surface area contributed by atoms with Crippen LogP contribution in [0.1, 0.15) is 26.2 Å². The molecule has 0 saturated heterocycles. The first-order chi connectivity index (χ1) is 6.69. The van der Waals surface area contributed by atoms with Gasteiger partial charge in [-0.1, -0.05) is 6.08 Å². The van der Waals surface area contributed by atoms with Crippen molar-refractivity contribution in [3.63, 3.8) is 0 Å². The van der Waals surface area contributed by atoms with E-state index in [4.69, 9.17) is 5.73 Å². The summed E-state index contributed by atoms with van der Waals surface area (Å²) in [5.41, 5.74) is 5.79. The third-order valence-corrected chi connectivity index (χ3v) is 2.87. The summed E-state index contributed by atoms with van der Waals surface area (Å²) in [7, 11) is 0. The van der Waals surface area contributed by atoms with Crippen LogP contribution in [0.15, 0.2) is 12.7 Å². The minimum Gasteiger partial charge on any atom is -0.339 e. The first-order valence-corrected chi connectivity index (χ1v) is 5.34. The summed E-state index contributed by atoms with van der Waals surface area (Å²) >= 11 is 0. The largest absolute Gasteiger partial charge is 0.339 e. The molecule has 0 aromatic heterocycles. The highest BCUT2D eigenvalue weighted by atomic mass is 16.2. The fourth-order valence-electron chi connectivity index (χ4n) is 2.03. The molecule has 0 aromatic carbocycles. The van der Waals surface area contributed by atoms with Crippen LogP contribution in [-0.4, -0.2) is 29.9 Å². The quantitative estimate of drug-likeness (QED) is 0.686. The van der Waals surface area contributed by atoms with Gasteiger partial charge in [0.1, 0.15) is 0 Å². The summed E-state index contributed by atoms with van der Waals surface area (Å²) in [5.74, 6) is 0.408. The van der Waals surface area contributed by atoms with Crippen LogP contribution >= 0.6 is 0 Å². The molecule has 3 nitrogen and oxygen atoms in total.